The summed E-state index contributed by atoms with van der Waals surface area (Å²) in [7, 11) is 1.43. The van der Waals surface area contributed by atoms with Crippen LogP contribution in [0.15, 0.2) is 23.2 Å². The fourth-order valence-corrected chi connectivity index (χ4v) is 2.36. The van der Waals surface area contributed by atoms with E-state index in [0.29, 0.717) is 11.7 Å². The van der Waals surface area contributed by atoms with Crippen LogP contribution in [0.2, 0.25) is 0 Å². The largest absolute Gasteiger partial charge is 0.353 e. The molecule has 0 fully saturated rings. The Balaban J connectivity index is 3.08. The molecule has 0 unspecified atom stereocenters. The zero-order valence-corrected chi connectivity index (χ0v) is 13.5. The van der Waals surface area contributed by atoms with Crippen molar-refractivity contribution in [2.24, 2.45) is 0 Å². The molecule has 108 valence electrons. The molecule has 1 heterocycles. The van der Waals surface area contributed by atoms with Crippen LogP contribution in [0.1, 0.15) is 13.8 Å². The number of alkyl halides is 1. The van der Waals surface area contributed by atoms with Gasteiger partial charge in [-0.3, -0.25) is 0 Å². The van der Waals surface area contributed by atoms with E-state index in [9.17, 15) is 8.42 Å². The smallest absolute Gasteiger partial charge is 0.244 e. The van der Waals surface area contributed by atoms with Gasteiger partial charge in [0.1, 0.15) is 10.7 Å². The highest BCUT2D eigenvalue weighted by Crippen LogP contribution is 2.22. The highest BCUT2D eigenvalue weighted by atomic mass is 35.5. The van der Waals surface area contributed by atoms with Crippen LogP contribution in [0.5, 0.6) is 0 Å². The second kappa shape index (κ2) is 5.64. The summed E-state index contributed by atoms with van der Waals surface area (Å²) in [4.78, 5) is 6.30. The number of anilines is 1. The summed E-state index contributed by atoms with van der Waals surface area (Å²) >= 11 is 5.91. The van der Waals surface area contributed by atoms with Crippen molar-refractivity contribution in [3.05, 3.63) is 18.3 Å². The van der Waals surface area contributed by atoms with Crippen LogP contribution >= 0.6 is 11.6 Å². The first-order chi connectivity index (χ1) is 8.63. The van der Waals surface area contributed by atoms with Crippen molar-refractivity contribution >= 4 is 27.4 Å². The van der Waals surface area contributed by atoms with Gasteiger partial charge in [-0.05, 0) is 26.0 Å². The Bertz CT molecular complexity index is 526. The second-order valence-electron chi connectivity index (χ2n) is 5.14. The molecule has 0 bridgehead atoms. The standard InChI is InChI=1S/C12H20ClN3O2S/c1-12(2,9-13)16(5)11-7-6-10(8-14-11)19(17,18)15(3)4/h6-8H,9H2,1-5H3. The Kier molecular flexibility index (Phi) is 4.81. The summed E-state index contributed by atoms with van der Waals surface area (Å²) in [5.74, 6) is 1.13. The van der Waals surface area contributed by atoms with Gasteiger partial charge in [0.25, 0.3) is 0 Å². The minimum Gasteiger partial charge on any atom is -0.353 e. The molecule has 0 saturated heterocycles. The fourth-order valence-electron chi connectivity index (χ4n) is 1.33. The van der Waals surface area contributed by atoms with Gasteiger partial charge in [0.05, 0.1) is 0 Å². The Labute approximate surface area is 120 Å². The van der Waals surface area contributed by atoms with Crippen molar-refractivity contribution < 1.29 is 8.42 Å². The molecule has 0 saturated carbocycles. The Morgan fingerprint density at radius 2 is 1.84 bits per heavy atom. The van der Waals surface area contributed by atoms with E-state index in [1.807, 2.05) is 25.8 Å². The molecule has 0 spiro atoms. The molecule has 0 atom stereocenters. The lowest BCUT2D eigenvalue weighted by atomic mass is 10.1. The minimum absolute atomic E-state index is 0.179. The monoisotopic (exact) mass is 305 g/mol. The maximum absolute atomic E-state index is 11.9. The van der Waals surface area contributed by atoms with Gasteiger partial charge in [-0.2, -0.15) is 0 Å². The second-order valence-corrected chi connectivity index (χ2v) is 7.56. The predicted octanol–water partition coefficient (Wildman–Crippen LogP) is 1.79. The molecule has 0 aliphatic carbocycles. The van der Waals surface area contributed by atoms with Gasteiger partial charge in [-0.25, -0.2) is 17.7 Å². The molecule has 0 aliphatic heterocycles. The molecular formula is C12H20ClN3O2S. The van der Waals surface area contributed by atoms with Gasteiger partial charge >= 0.3 is 0 Å². The van der Waals surface area contributed by atoms with Crippen molar-refractivity contribution in [1.29, 1.82) is 0 Å². The van der Waals surface area contributed by atoms with Gasteiger partial charge in [-0.1, -0.05) is 0 Å². The van der Waals surface area contributed by atoms with Gasteiger partial charge in [0.15, 0.2) is 0 Å². The third-order valence-corrected chi connectivity index (χ3v) is 5.53. The number of rotatable bonds is 5. The number of aromatic nitrogens is 1. The van der Waals surface area contributed by atoms with E-state index in [1.54, 1.807) is 12.1 Å². The fraction of sp³-hybridized carbons (Fsp3) is 0.583. The van der Waals surface area contributed by atoms with Crippen LogP contribution in [0.25, 0.3) is 0 Å². The molecule has 0 aromatic carbocycles. The number of nitrogens with zero attached hydrogens (tertiary/aromatic N) is 3. The van der Waals surface area contributed by atoms with Gasteiger partial charge < -0.3 is 4.90 Å². The minimum atomic E-state index is -3.43. The number of pyridine rings is 1. The van der Waals surface area contributed by atoms with E-state index < -0.39 is 10.0 Å². The first kappa shape index (κ1) is 16.2. The first-order valence-corrected chi connectivity index (χ1v) is 7.79. The average molecular weight is 306 g/mol. The SMILES string of the molecule is CN(c1ccc(S(=O)(=O)N(C)C)cn1)C(C)(C)CCl. The quantitative estimate of drug-likeness (QED) is 0.778. The van der Waals surface area contributed by atoms with E-state index in [0.717, 1.165) is 4.31 Å². The zero-order valence-electron chi connectivity index (χ0n) is 11.9. The summed E-state index contributed by atoms with van der Waals surface area (Å²) in [5, 5.41) is 0. The lowest BCUT2D eigenvalue weighted by Gasteiger charge is -2.34. The van der Waals surface area contributed by atoms with E-state index in [2.05, 4.69) is 4.98 Å². The average Bonchev–Trinajstić information content (AvgIpc) is 2.37. The summed E-state index contributed by atoms with van der Waals surface area (Å²) in [6.45, 7) is 3.98. The van der Waals surface area contributed by atoms with Crippen molar-refractivity contribution in [2.45, 2.75) is 24.3 Å². The first-order valence-electron chi connectivity index (χ1n) is 5.81. The van der Waals surface area contributed by atoms with E-state index >= 15 is 0 Å². The molecule has 19 heavy (non-hydrogen) atoms. The molecule has 0 amide bonds. The summed E-state index contributed by atoms with van der Waals surface area (Å²) in [6.07, 6.45) is 1.37. The molecule has 1 rings (SSSR count). The highest BCUT2D eigenvalue weighted by molar-refractivity contribution is 7.89. The molecule has 7 heteroatoms. The van der Waals surface area contributed by atoms with Gasteiger partial charge in [0.2, 0.25) is 10.0 Å². The van der Waals surface area contributed by atoms with E-state index in [-0.39, 0.29) is 10.4 Å². The van der Waals surface area contributed by atoms with Crippen molar-refractivity contribution in [3.8, 4) is 0 Å². The summed E-state index contributed by atoms with van der Waals surface area (Å²) in [5.41, 5.74) is -0.253. The Hall–Kier alpha value is -0.850. The van der Waals surface area contributed by atoms with Crippen LogP contribution in [0, 0.1) is 0 Å². The Morgan fingerprint density at radius 3 is 2.21 bits per heavy atom. The number of hydrogen-bond acceptors (Lipinski definition) is 4. The van der Waals surface area contributed by atoms with Crippen LogP contribution in [-0.2, 0) is 10.0 Å². The third-order valence-electron chi connectivity index (χ3n) is 3.08. The summed E-state index contributed by atoms with van der Waals surface area (Å²) in [6, 6.07) is 3.24. The molecule has 0 N–H and O–H groups in total. The molecule has 1 aromatic rings. The van der Waals surface area contributed by atoms with E-state index in [1.165, 1.54) is 20.3 Å². The third kappa shape index (κ3) is 3.38. The molecule has 0 aliphatic rings. The highest BCUT2D eigenvalue weighted by Gasteiger charge is 2.24. The normalized spacial score (nSPS) is 12.8. The summed E-state index contributed by atoms with van der Waals surface area (Å²) < 4.78 is 25.0. The van der Waals surface area contributed by atoms with Crippen LogP contribution in [0.4, 0.5) is 5.82 Å². The number of halogens is 1. The van der Waals surface area contributed by atoms with Gasteiger partial charge in [-0.15, -0.1) is 11.6 Å². The lowest BCUT2D eigenvalue weighted by molar-refractivity contribution is 0.520. The topological polar surface area (TPSA) is 53.5 Å². The molecule has 1 aromatic heterocycles. The predicted molar refractivity (Wildman–Crippen MR) is 78.3 cm³/mol. The van der Waals surface area contributed by atoms with Crippen LogP contribution in [-0.4, -0.2) is 50.3 Å². The van der Waals surface area contributed by atoms with Crippen LogP contribution in [0.3, 0.4) is 0 Å². The zero-order chi connectivity index (χ0) is 14.8. The van der Waals surface area contributed by atoms with Crippen molar-refractivity contribution in [2.75, 3.05) is 31.9 Å². The maximum atomic E-state index is 11.9. The molecule has 5 nitrogen and oxygen atoms in total. The molecular weight excluding hydrogens is 286 g/mol. The van der Waals surface area contributed by atoms with Crippen molar-refractivity contribution in [3.63, 3.8) is 0 Å². The lowest BCUT2D eigenvalue weighted by Crippen LogP contribution is -2.43. The van der Waals surface area contributed by atoms with Crippen molar-refractivity contribution in [1.82, 2.24) is 9.29 Å². The molecule has 0 radical (unpaired) electrons. The van der Waals surface area contributed by atoms with Crippen LogP contribution < -0.4 is 4.90 Å². The Morgan fingerprint density at radius 1 is 1.26 bits per heavy atom. The van der Waals surface area contributed by atoms with Gasteiger partial charge in [0, 0.05) is 38.8 Å². The number of hydrogen-bond donors (Lipinski definition) is 0. The van der Waals surface area contributed by atoms with E-state index in [4.69, 9.17) is 11.6 Å². The maximum Gasteiger partial charge on any atom is 0.244 e. The number of sulfonamides is 1.